The SMILES string of the molecule is CC(C)(C1=CNC2=CSCN21)c1ccc(Cl)c(Cl)c1. The highest BCUT2D eigenvalue weighted by atomic mass is 35.5. The lowest BCUT2D eigenvalue weighted by molar-refractivity contribution is 0.422. The lowest BCUT2D eigenvalue weighted by Gasteiger charge is -2.32. The summed E-state index contributed by atoms with van der Waals surface area (Å²) >= 11 is 13.9. The van der Waals surface area contributed by atoms with Crippen LogP contribution in [0.1, 0.15) is 19.4 Å². The van der Waals surface area contributed by atoms with Gasteiger partial charge in [0.15, 0.2) is 0 Å². The summed E-state index contributed by atoms with van der Waals surface area (Å²) in [4.78, 5) is 2.30. The van der Waals surface area contributed by atoms with Crippen LogP contribution in [0.25, 0.3) is 0 Å². The summed E-state index contributed by atoms with van der Waals surface area (Å²) in [5.74, 6) is 2.12. The van der Waals surface area contributed by atoms with Gasteiger partial charge in [-0.2, -0.15) is 0 Å². The molecule has 0 aliphatic carbocycles. The molecule has 1 aromatic rings. The van der Waals surface area contributed by atoms with Crippen LogP contribution in [0.2, 0.25) is 10.0 Å². The first-order valence-corrected chi connectivity index (χ1v) is 7.82. The molecule has 0 atom stereocenters. The molecule has 0 aromatic heterocycles. The molecule has 0 amide bonds. The van der Waals surface area contributed by atoms with Crippen molar-refractivity contribution in [1.29, 1.82) is 0 Å². The van der Waals surface area contributed by atoms with E-state index in [4.69, 9.17) is 23.2 Å². The Bertz CT molecular complexity index is 593. The highest BCUT2D eigenvalue weighted by molar-refractivity contribution is 8.02. The van der Waals surface area contributed by atoms with E-state index in [-0.39, 0.29) is 5.41 Å². The summed E-state index contributed by atoms with van der Waals surface area (Å²) < 4.78 is 0. The van der Waals surface area contributed by atoms with Crippen molar-refractivity contribution in [2.75, 3.05) is 5.88 Å². The first-order chi connectivity index (χ1) is 9.00. The fourth-order valence-electron chi connectivity index (χ4n) is 2.41. The van der Waals surface area contributed by atoms with E-state index in [1.807, 2.05) is 18.2 Å². The van der Waals surface area contributed by atoms with Gasteiger partial charge in [-0.05, 0) is 17.7 Å². The quantitative estimate of drug-likeness (QED) is 0.864. The van der Waals surface area contributed by atoms with Crippen molar-refractivity contribution in [2.24, 2.45) is 0 Å². The molecule has 2 nitrogen and oxygen atoms in total. The molecule has 0 fully saturated rings. The number of hydrogen-bond donors (Lipinski definition) is 1. The zero-order chi connectivity index (χ0) is 13.6. The lowest BCUT2D eigenvalue weighted by atomic mass is 9.81. The number of fused-ring (bicyclic) bond motifs is 1. The number of allylic oxidation sites excluding steroid dienone is 1. The largest absolute Gasteiger partial charge is 0.346 e. The Labute approximate surface area is 127 Å². The maximum absolute atomic E-state index is 6.14. The van der Waals surface area contributed by atoms with Gasteiger partial charge in [0.05, 0.1) is 15.9 Å². The summed E-state index contributed by atoms with van der Waals surface area (Å²) in [6.45, 7) is 4.40. The molecule has 1 aromatic carbocycles. The molecule has 2 aliphatic rings. The van der Waals surface area contributed by atoms with Crippen molar-refractivity contribution < 1.29 is 0 Å². The topological polar surface area (TPSA) is 15.3 Å². The molecule has 100 valence electrons. The zero-order valence-electron chi connectivity index (χ0n) is 10.7. The monoisotopic (exact) mass is 312 g/mol. The minimum Gasteiger partial charge on any atom is -0.346 e. The Kier molecular flexibility index (Phi) is 3.24. The average Bonchev–Trinajstić information content (AvgIpc) is 2.94. The van der Waals surface area contributed by atoms with E-state index >= 15 is 0 Å². The molecule has 3 rings (SSSR count). The maximum Gasteiger partial charge on any atom is 0.117 e. The molecule has 1 N–H and O–H groups in total. The van der Waals surface area contributed by atoms with Crippen molar-refractivity contribution in [3.05, 3.63) is 56.9 Å². The van der Waals surface area contributed by atoms with Gasteiger partial charge in [0.2, 0.25) is 0 Å². The molecule has 0 radical (unpaired) electrons. The zero-order valence-corrected chi connectivity index (χ0v) is 13.0. The van der Waals surface area contributed by atoms with Crippen LogP contribution in [0.5, 0.6) is 0 Å². The number of hydrogen-bond acceptors (Lipinski definition) is 3. The second kappa shape index (κ2) is 4.65. The molecule has 0 saturated heterocycles. The number of halogens is 2. The Balaban J connectivity index is 1.98. The summed E-state index contributed by atoms with van der Waals surface area (Å²) in [6, 6.07) is 5.86. The van der Waals surface area contributed by atoms with Crippen molar-refractivity contribution in [3.63, 3.8) is 0 Å². The third-order valence-electron chi connectivity index (χ3n) is 3.62. The summed E-state index contributed by atoms with van der Waals surface area (Å²) in [7, 11) is 0. The second-order valence-electron chi connectivity index (χ2n) is 5.15. The third kappa shape index (κ3) is 2.14. The smallest absolute Gasteiger partial charge is 0.117 e. The fourth-order valence-corrected chi connectivity index (χ4v) is 3.56. The highest BCUT2D eigenvalue weighted by Gasteiger charge is 2.36. The molecule has 0 spiro atoms. The Morgan fingerprint density at radius 3 is 2.79 bits per heavy atom. The van der Waals surface area contributed by atoms with Gasteiger partial charge in [-0.1, -0.05) is 43.1 Å². The number of benzene rings is 1. The standard InChI is InChI=1S/C14H14Cl2N2S/c1-14(2,9-3-4-10(15)11(16)5-9)12-6-17-13-7-19-8-18(12)13/h3-7,17H,8H2,1-2H3. The van der Waals surface area contributed by atoms with Crippen LogP contribution >= 0.6 is 35.0 Å². The molecule has 2 aliphatic heterocycles. The van der Waals surface area contributed by atoms with E-state index in [1.165, 1.54) is 5.70 Å². The van der Waals surface area contributed by atoms with Gasteiger partial charge >= 0.3 is 0 Å². The van der Waals surface area contributed by atoms with E-state index in [0.29, 0.717) is 10.0 Å². The van der Waals surface area contributed by atoms with Crippen LogP contribution in [0.15, 0.2) is 41.3 Å². The van der Waals surface area contributed by atoms with E-state index in [2.05, 4.69) is 35.7 Å². The molecular formula is C14H14Cl2N2S. The van der Waals surface area contributed by atoms with Gasteiger partial charge in [0.1, 0.15) is 5.82 Å². The summed E-state index contributed by atoms with van der Waals surface area (Å²) in [6.07, 6.45) is 2.08. The first-order valence-electron chi connectivity index (χ1n) is 6.02. The van der Waals surface area contributed by atoms with Gasteiger partial charge in [0.25, 0.3) is 0 Å². The predicted molar refractivity (Wildman–Crippen MR) is 83.1 cm³/mol. The number of nitrogens with zero attached hydrogens (tertiary/aromatic N) is 1. The highest BCUT2D eigenvalue weighted by Crippen LogP contribution is 2.41. The summed E-state index contributed by atoms with van der Waals surface area (Å²) in [5, 5.41) is 6.66. The van der Waals surface area contributed by atoms with Gasteiger partial charge in [0, 0.05) is 22.7 Å². The second-order valence-corrected chi connectivity index (χ2v) is 6.80. The van der Waals surface area contributed by atoms with Crippen molar-refractivity contribution in [3.8, 4) is 0 Å². The minimum atomic E-state index is -0.123. The third-order valence-corrected chi connectivity index (χ3v) is 5.15. The maximum atomic E-state index is 6.14. The number of thioether (sulfide) groups is 1. The molecular weight excluding hydrogens is 299 g/mol. The Morgan fingerprint density at radius 2 is 2.05 bits per heavy atom. The molecule has 0 bridgehead atoms. The fraction of sp³-hybridized carbons (Fsp3) is 0.286. The molecule has 0 saturated carbocycles. The van der Waals surface area contributed by atoms with Crippen LogP contribution < -0.4 is 5.32 Å². The Morgan fingerprint density at radius 1 is 1.26 bits per heavy atom. The Hall–Kier alpha value is -0.770. The lowest BCUT2D eigenvalue weighted by Crippen LogP contribution is -2.30. The van der Waals surface area contributed by atoms with E-state index in [0.717, 1.165) is 17.3 Å². The molecule has 2 heterocycles. The van der Waals surface area contributed by atoms with E-state index in [9.17, 15) is 0 Å². The van der Waals surface area contributed by atoms with Gasteiger partial charge in [-0.3, -0.25) is 0 Å². The molecule has 5 heteroatoms. The predicted octanol–water partition coefficient (Wildman–Crippen LogP) is 4.52. The first kappa shape index (κ1) is 13.2. The number of nitrogens with one attached hydrogen (secondary N) is 1. The number of rotatable bonds is 2. The molecule has 19 heavy (non-hydrogen) atoms. The normalized spacial score (nSPS) is 18.0. The van der Waals surface area contributed by atoms with Crippen LogP contribution in [0, 0.1) is 0 Å². The molecule has 0 unspecified atom stereocenters. The van der Waals surface area contributed by atoms with Crippen LogP contribution in [0.4, 0.5) is 0 Å². The van der Waals surface area contributed by atoms with Crippen molar-refractivity contribution >= 4 is 35.0 Å². The van der Waals surface area contributed by atoms with E-state index < -0.39 is 0 Å². The summed E-state index contributed by atoms with van der Waals surface area (Å²) in [5.41, 5.74) is 2.29. The van der Waals surface area contributed by atoms with Crippen molar-refractivity contribution in [1.82, 2.24) is 10.2 Å². The van der Waals surface area contributed by atoms with Crippen LogP contribution in [0.3, 0.4) is 0 Å². The minimum absolute atomic E-state index is 0.123. The van der Waals surface area contributed by atoms with E-state index in [1.54, 1.807) is 11.8 Å². The van der Waals surface area contributed by atoms with Crippen molar-refractivity contribution in [2.45, 2.75) is 19.3 Å². The van der Waals surface area contributed by atoms with Gasteiger partial charge in [-0.15, -0.1) is 11.8 Å². The van der Waals surface area contributed by atoms with Crippen LogP contribution in [-0.4, -0.2) is 10.8 Å². The van der Waals surface area contributed by atoms with Gasteiger partial charge < -0.3 is 10.2 Å². The van der Waals surface area contributed by atoms with Crippen LogP contribution in [-0.2, 0) is 5.41 Å². The van der Waals surface area contributed by atoms with Gasteiger partial charge in [-0.25, -0.2) is 0 Å². The average molecular weight is 313 g/mol.